The van der Waals surface area contributed by atoms with Gasteiger partial charge in [0.25, 0.3) is 10.0 Å². The molecule has 10 heteroatoms. The first-order valence-corrected chi connectivity index (χ1v) is 13.0. The van der Waals surface area contributed by atoms with Crippen molar-refractivity contribution in [2.75, 3.05) is 19.6 Å². The van der Waals surface area contributed by atoms with Gasteiger partial charge in [0.2, 0.25) is 5.91 Å². The highest BCUT2D eigenvalue weighted by Gasteiger charge is 2.35. The molecule has 2 aliphatic carbocycles. The standard InChI is InChI=1S/C23H30N4O5S/c28-21-3-1-2-12-27(21)23(30)24-11-10-16-5-8-20(9-6-16)33(31,32)26-22(29)25-15-19-14-17-4-7-18(19)13-17/h4-9,17-19H,1-3,10-15H2,(H,24,30)(H2,25,26,29). The number of nitrogens with one attached hydrogen (secondary N) is 3. The summed E-state index contributed by atoms with van der Waals surface area (Å²) in [7, 11) is -3.98. The van der Waals surface area contributed by atoms with E-state index in [0.29, 0.717) is 50.2 Å². The zero-order chi connectivity index (χ0) is 23.4. The maximum Gasteiger partial charge on any atom is 0.328 e. The van der Waals surface area contributed by atoms with Crippen molar-refractivity contribution < 1.29 is 22.8 Å². The summed E-state index contributed by atoms with van der Waals surface area (Å²) in [6.07, 6.45) is 9.08. The molecule has 0 spiro atoms. The van der Waals surface area contributed by atoms with Gasteiger partial charge < -0.3 is 10.6 Å². The first-order valence-electron chi connectivity index (χ1n) is 11.5. The van der Waals surface area contributed by atoms with Crippen LogP contribution in [0.4, 0.5) is 9.59 Å². The molecule has 2 fully saturated rings. The summed E-state index contributed by atoms with van der Waals surface area (Å²) in [5.74, 6) is 1.27. The van der Waals surface area contributed by atoms with E-state index in [1.165, 1.54) is 17.0 Å². The predicted octanol–water partition coefficient (Wildman–Crippen LogP) is 2.15. The van der Waals surface area contributed by atoms with Gasteiger partial charge in [-0.2, -0.15) is 0 Å². The van der Waals surface area contributed by atoms with Crippen molar-refractivity contribution >= 4 is 28.0 Å². The Labute approximate surface area is 194 Å². The van der Waals surface area contributed by atoms with Crippen LogP contribution in [0.25, 0.3) is 0 Å². The first kappa shape index (κ1) is 23.3. The zero-order valence-corrected chi connectivity index (χ0v) is 19.3. The quantitative estimate of drug-likeness (QED) is 0.522. The fraction of sp³-hybridized carbons (Fsp3) is 0.522. The van der Waals surface area contributed by atoms with Crippen LogP contribution in [0.3, 0.4) is 0 Å². The van der Waals surface area contributed by atoms with E-state index in [-0.39, 0.29) is 10.8 Å². The molecule has 1 aliphatic heterocycles. The van der Waals surface area contributed by atoms with Crippen LogP contribution in [0, 0.1) is 17.8 Å². The number of imide groups is 1. The highest BCUT2D eigenvalue weighted by atomic mass is 32.2. The number of rotatable bonds is 7. The SMILES string of the molecule is O=C(NCC1CC2C=CC1C2)NS(=O)(=O)c1ccc(CCNC(=O)N2CCCCC2=O)cc1. The second-order valence-corrected chi connectivity index (χ2v) is 10.7. The molecular weight excluding hydrogens is 444 g/mol. The lowest BCUT2D eigenvalue weighted by molar-refractivity contribution is -0.130. The summed E-state index contributed by atoms with van der Waals surface area (Å²) in [4.78, 5) is 37.3. The molecule has 3 atom stereocenters. The minimum Gasteiger partial charge on any atom is -0.337 e. The molecule has 9 nitrogen and oxygen atoms in total. The molecule has 5 amide bonds. The average molecular weight is 475 g/mol. The maximum absolute atomic E-state index is 12.5. The van der Waals surface area contributed by atoms with Crippen molar-refractivity contribution in [2.45, 2.75) is 43.4 Å². The first-order chi connectivity index (χ1) is 15.8. The van der Waals surface area contributed by atoms with Crippen LogP contribution >= 0.6 is 0 Å². The van der Waals surface area contributed by atoms with Crippen molar-refractivity contribution in [3.05, 3.63) is 42.0 Å². The zero-order valence-electron chi connectivity index (χ0n) is 18.5. The molecule has 1 aromatic rings. The van der Waals surface area contributed by atoms with Gasteiger partial charge in [0.1, 0.15) is 0 Å². The molecule has 0 radical (unpaired) electrons. The normalized spacial score (nSPS) is 24.1. The molecule has 4 rings (SSSR count). The second kappa shape index (κ2) is 9.94. The Balaban J connectivity index is 1.21. The number of piperidine rings is 1. The Bertz CT molecular complexity index is 1040. The number of likely N-dealkylation sites (tertiary alicyclic amines) is 1. The second-order valence-electron chi connectivity index (χ2n) is 8.98. The van der Waals surface area contributed by atoms with Gasteiger partial charge in [0.05, 0.1) is 4.90 Å². The number of fused-ring (bicyclic) bond motifs is 2. The van der Waals surface area contributed by atoms with Gasteiger partial charge in [-0.1, -0.05) is 24.3 Å². The molecule has 3 unspecified atom stereocenters. The van der Waals surface area contributed by atoms with E-state index in [1.807, 2.05) is 0 Å². The summed E-state index contributed by atoms with van der Waals surface area (Å²) in [5.41, 5.74) is 0.827. The van der Waals surface area contributed by atoms with Crippen LogP contribution in [0.2, 0.25) is 0 Å². The number of hydrogen-bond acceptors (Lipinski definition) is 5. The molecule has 3 N–H and O–H groups in total. The van der Waals surface area contributed by atoms with E-state index in [1.54, 1.807) is 12.1 Å². The summed E-state index contributed by atoms with van der Waals surface area (Å²) >= 11 is 0. The fourth-order valence-corrected chi connectivity index (χ4v) is 5.76. The van der Waals surface area contributed by atoms with Gasteiger partial charge in [-0.15, -0.1) is 0 Å². The molecule has 1 saturated carbocycles. The van der Waals surface area contributed by atoms with Crippen LogP contribution in [-0.4, -0.2) is 50.9 Å². The Morgan fingerprint density at radius 2 is 1.82 bits per heavy atom. The van der Waals surface area contributed by atoms with Crippen molar-refractivity contribution in [1.82, 2.24) is 20.3 Å². The summed E-state index contributed by atoms with van der Waals surface area (Å²) in [6.45, 7) is 1.23. The van der Waals surface area contributed by atoms with Crippen LogP contribution in [0.1, 0.15) is 37.7 Å². The van der Waals surface area contributed by atoms with Crippen LogP contribution in [0.15, 0.2) is 41.3 Å². The molecule has 178 valence electrons. The maximum atomic E-state index is 12.5. The van der Waals surface area contributed by atoms with E-state index in [2.05, 4.69) is 27.5 Å². The van der Waals surface area contributed by atoms with Crippen molar-refractivity contribution in [2.24, 2.45) is 17.8 Å². The topological polar surface area (TPSA) is 125 Å². The number of amides is 5. The molecule has 0 aromatic heterocycles. The Morgan fingerprint density at radius 1 is 1.03 bits per heavy atom. The summed E-state index contributed by atoms with van der Waals surface area (Å²) in [5, 5.41) is 5.41. The van der Waals surface area contributed by atoms with Crippen molar-refractivity contribution in [3.63, 3.8) is 0 Å². The number of carbonyl (C=O) groups is 3. The highest BCUT2D eigenvalue weighted by Crippen LogP contribution is 2.42. The number of benzene rings is 1. The summed E-state index contributed by atoms with van der Waals surface area (Å²) < 4.78 is 27.1. The van der Waals surface area contributed by atoms with Gasteiger partial charge in [-0.05, 0) is 67.6 Å². The predicted molar refractivity (Wildman–Crippen MR) is 122 cm³/mol. The van der Waals surface area contributed by atoms with Crippen LogP contribution < -0.4 is 15.4 Å². The minimum absolute atomic E-state index is 0.00722. The molecule has 1 saturated heterocycles. The van der Waals surface area contributed by atoms with Gasteiger partial charge in [0.15, 0.2) is 0 Å². The van der Waals surface area contributed by atoms with Gasteiger partial charge in [-0.25, -0.2) is 22.7 Å². The highest BCUT2D eigenvalue weighted by molar-refractivity contribution is 7.90. The van der Waals surface area contributed by atoms with Crippen LogP contribution in [0.5, 0.6) is 0 Å². The number of allylic oxidation sites excluding steroid dienone is 2. The third kappa shape index (κ3) is 5.73. The molecule has 1 heterocycles. The van der Waals surface area contributed by atoms with Crippen molar-refractivity contribution in [3.8, 4) is 0 Å². The smallest absolute Gasteiger partial charge is 0.328 e. The Morgan fingerprint density at radius 3 is 2.48 bits per heavy atom. The van der Waals surface area contributed by atoms with Crippen LogP contribution in [-0.2, 0) is 21.2 Å². The molecule has 1 aromatic carbocycles. The monoisotopic (exact) mass is 474 g/mol. The van der Waals surface area contributed by atoms with Gasteiger partial charge >= 0.3 is 12.1 Å². The van der Waals surface area contributed by atoms with Gasteiger partial charge in [0, 0.05) is 26.1 Å². The number of sulfonamides is 1. The number of hydrogen-bond donors (Lipinski definition) is 3. The lowest BCUT2D eigenvalue weighted by Crippen LogP contribution is -2.46. The average Bonchev–Trinajstić information content (AvgIpc) is 3.41. The van der Waals surface area contributed by atoms with E-state index in [9.17, 15) is 22.8 Å². The minimum atomic E-state index is -3.98. The number of carbonyl (C=O) groups excluding carboxylic acids is 3. The third-order valence-electron chi connectivity index (χ3n) is 6.66. The number of urea groups is 2. The van der Waals surface area contributed by atoms with E-state index < -0.39 is 22.1 Å². The van der Waals surface area contributed by atoms with E-state index in [4.69, 9.17) is 0 Å². The Kier molecular flexibility index (Phi) is 7.02. The fourth-order valence-electron chi connectivity index (χ4n) is 4.84. The number of nitrogens with zero attached hydrogens (tertiary/aromatic N) is 1. The molecule has 33 heavy (non-hydrogen) atoms. The third-order valence-corrected chi connectivity index (χ3v) is 8.01. The van der Waals surface area contributed by atoms with E-state index >= 15 is 0 Å². The molecular formula is C23H30N4O5S. The van der Waals surface area contributed by atoms with Gasteiger partial charge in [-0.3, -0.25) is 9.69 Å². The Hall–Kier alpha value is -2.88. The summed E-state index contributed by atoms with van der Waals surface area (Å²) in [6, 6.07) is 5.04. The molecule has 2 bridgehead atoms. The molecule has 3 aliphatic rings. The lowest BCUT2D eigenvalue weighted by Gasteiger charge is -2.24. The largest absolute Gasteiger partial charge is 0.337 e. The van der Waals surface area contributed by atoms with Crippen molar-refractivity contribution in [1.29, 1.82) is 0 Å². The lowest BCUT2D eigenvalue weighted by atomic mass is 9.94. The van der Waals surface area contributed by atoms with E-state index in [0.717, 1.165) is 31.2 Å².